The Morgan fingerprint density at radius 3 is 2.14 bits per heavy atom. The van der Waals surface area contributed by atoms with E-state index in [0.717, 1.165) is 12.8 Å². The predicted molar refractivity (Wildman–Crippen MR) is 61.4 cm³/mol. The molecule has 0 aromatic rings. The summed E-state index contributed by atoms with van der Waals surface area (Å²) in [5, 5.41) is 3.35. The lowest BCUT2D eigenvalue weighted by atomic mass is 9.97. The molecule has 84 valence electrons. The minimum absolute atomic E-state index is 0.0648. The van der Waals surface area contributed by atoms with Gasteiger partial charge >= 0.3 is 0 Å². The maximum absolute atomic E-state index is 11.8. The van der Waals surface area contributed by atoms with Gasteiger partial charge in [0.1, 0.15) is 5.78 Å². The molecular weight excluding hydrogens is 174 g/mol. The van der Waals surface area contributed by atoms with Crippen molar-refractivity contribution in [2.45, 2.75) is 66.0 Å². The van der Waals surface area contributed by atoms with E-state index in [1.54, 1.807) is 0 Å². The fraction of sp³-hybridized carbons (Fsp3) is 0.917. The summed E-state index contributed by atoms with van der Waals surface area (Å²) in [4.78, 5) is 11.8. The minimum Gasteiger partial charge on any atom is -0.305 e. The first-order valence-electron chi connectivity index (χ1n) is 5.76. The van der Waals surface area contributed by atoms with Gasteiger partial charge in [-0.1, -0.05) is 34.6 Å². The van der Waals surface area contributed by atoms with Crippen LogP contribution in [-0.4, -0.2) is 17.9 Å². The maximum atomic E-state index is 11.8. The summed E-state index contributed by atoms with van der Waals surface area (Å²) in [7, 11) is 0. The summed E-state index contributed by atoms with van der Waals surface area (Å²) in [6.07, 6.45) is 2.61. The van der Waals surface area contributed by atoms with E-state index in [1.807, 2.05) is 0 Å². The maximum Gasteiger partial charge on any atom is 0.149 e. The minimum atomic E-state index is 0.0648. The van der Waals surface area contributed by atoms with Gasteiger partial charge in [0.15, 0.2) is 0 Å². The van der Waals surface area contributed by atoms with E-state index in [9.17, 15) is 4.79 Å². The van der Waals surface area contributed by atoms with Crippen LogP contribution in [0.2, 0.25) is 0 Å². The molecule has 1 unspecified atom stereocenters. The Balaban J connectivity index is 4.15. The molecule has 0 aromatic heterocycles. The van der Waals surface area contributed by atoms with Crippen LogP contribution >= 0.6 is 0 Å². The quantitative estimate of drug-likeness (QED) is 0.683. The van der Waals surface area contributed by atoms with Crippen molar-refractivity contribution in [1.82, 2.24) is 5.32 Å². The van der Waals surface area contributed by atoms with E-state index < -0.39 is 0 Å². The molecule has 0 saturated carbocycles. The molecule has 0 amide bonds. The smallest absolute Gasteiger partial charge is 0.149 e. The first-order chi connectivity index (χ1) is 6.47. The molecule has 0 aromatic carbocycles. The Hall–Kier alpha value is -0.370. The van der Waals surface area contributed by atoms with Gasteiger partial charge in [0.25, 0.3) is 0 Å². The highest BCUT2D eigenvalue weighted by Crippen LogP contribution is 2.09. The fourth-order valence-electron chi connectivity index (χ4n) is 1.59. The van der Waals surface area contributed by atoms with Crippen LogP contribution in [0, 0.1) is 5.92 Å². The number of nitrogens with one attached hydrogen (secondary N) is 1. The molecular formula is C12H25NO. The Morgan fingerprint density at radius 1 is 1.21 bits per heavy atom. The van der Waals surface area contributed by atoms with Crippen molar-refractivity contribution >= 4 is 5.78 Å². The van der Waals surface area contributed by atoms with Crippen LogP contribution in [0.5, 0.6) is 0 Å². The first-order valence-corrected chi connectivity index (χ1v) is 5.76. The Labute approximate surface area is 88.5 Å². The van der Waals surface area contributed by atoms with Gasteiger partial charge in [-0.3, -0.25) is 4.79 Å². The van der Waals surface area contributed by atoms with Crippen molar-refractivity contribution < 1.29 is 4.79 Å². The molecule has 0 heterocycles. The van der Waals surface area contributed by atoms with Gasteiger partial charge in [-0.25, -0.2) is 0 Å². The molecule has 0 aliphatic rings. The zero-order valence-electron chi connectivity index (χ0n) is 10.3. The van der Waals surface area contributed by atoms with Crippen LogP contribution in [-0.2, 0) is 4.79 Å². The largest absolute Gasteiger partial charge is 0.305 e. The van der Waals surface area contributed by atoms with Gasteiger partial charge in [-0.15, -0.1) is 0 Å². The summed E-state index contributed by atoms with van der Waals surface area (Å²) in [5.41, 5.74) is 0. The zero-order valence-corrected chi connectivity index (χ0v) is 10.3. The first kappa shape index (κ1) is 13.6. The van der Waals surface area contributed by atoms with Gasteiger partial charge in [-0.2, -0.15) is 0 Å². The van der Waals surface area contributed by atoms with Crippen LogP contribution in [0.4, 0.5) is 0 Å². The molecule has 14 heavy (non-hydrogen) atoms. The number of hydrogen-bond donors (Lipinski definition) is 1. The molecule has 2 heteroatoms. The van der Waals surface area contributed by atoms with Gasteiger partial charge < -0.3 is 5.32 Å². The number of rotatable bonds is 7. The highest BCUT2D eigenvalue weighted by Gasteiger charge is 2.18. The van der Waals surface area contributed by atoms with Crippen LogP contribution in [0.15, 0.2) is 0 Å². The molecule has 0 aliphatic carbocycles. The van der Waals surface area contributed by atoms with E-state index in [4.69, 9.17) is 0 Å². The van der Waals surface area contributed by atoms with Crippen molar-refractivity contribution in [3.8, 4) is 0 Å². The average molecular weight is 199 g/mol. The SMILES string of the molecule is CCCC(=O)C(CC(C)C)NC(C)C. The highest BCUT2D eigenvalue weighted by atomic mass is 16.1. The van der Waals surface area contributed by atoms with E-state index in [1.165, 1.54) is 0 Å². The lowest BCUT2D eigenvalue weighted by molar-refractivity contribution is -0.121. The van der Waals surface area contributed by atoms with Crippen molar-refractivity contribution in [2.24, 2.45) is 5.92 Å². The summed E-state index contributed by atoms with van der Waals surface area (Å²) in [6.45, 7) is 10.6. The third-order valence-electron chi connectivity index (χ3n) is 2.13. The van der Waals surface area contributed by atoms with Crippen molar-refractivity contribution in [1.29, 1.82) is 0 Å². The van der Waals surface area contributed by atoms with Crippen LogP contribution in [0.25, 0.3) is 0 Å². The normalized spacial score (nSPS) is 13.6. The standard InChI is InChI=1S/C12H25NO/c1-6-7-12(14)11(8-9(2)3)13-10(4)5/h9-11,13H,6-8H2,1-5H3. The molecule has 0 saturated heterocycles. The van der Waals surface area contributed by atoms with E-state index in [0.29, 0.717) is 24.2 Å². The van der Waals surface area contributed by atoms with Gasteiger partial charge in [0, 0.05) is 12.5 Å². The molecule has 0 spiro atoms. The molecule has 0 bridgehead atoms. The van der Waals surface area contributed by atoms with Crippen LogP contribution in [0.1, 0.15) is 53.9 Å². The highest BCUT2D eigenvalue weighted by molar-refractivity contribution is 5.83. The molecule has 0 rings (SSSR count). The fourth-order valence-corrected chi connectivity index (χ4v) is 1.59. The van der Waals surface area contributed by atoms with Gasteiger partial charge in [-0.05, 0) is 18.8 Å². The number of hydrogen-bond acceptors (Lipinski definition) is 2. The molecule has 0 fully saturated rings. The third-order valence-corrected chi connectivity index (χ3v) is 2.13. The van der Waals surface area contributed by atoms with Crippen molar-refractivity contribution in [3.05, 3.63) is 0 Å². The second kappa shape index (κ2) is 6.99. The zero-order chi connectivity index (χ0) is 11.1. The lowest BCUT2D eigenvalue weighted by Crippen LogP contribution is -2.41. The average Bonchev–Trinajstić information content (AvgIpc) is 2.01. The third kappa shape index (κ3) is 6.14. The molecule has 0 aliphatic heterocycles. The van der Waals surface area contributed by atoms with Crippen molar-refractivity contribution in [2.75, 3.05) is 0 Å². The summed E-state index contributed by atoms with van der Waals surface area (Å²) >= 11 is 0. The second-order valence-electron chi connectivity index (χ2n) is 4.72. The predicted octanol–water partition coefficient (Wildman–Crippen LogP) is 2.77. The Kier molecular flexibility index (Phi) is 6.81. The monoisotopic (exact) mass is 199 g/mol. The number of Topliss-reactive ketones (excluding diaryl/α,β-unsaturated/α-hetero) is 1. The summed E-state index contributed by atoms with van der Waals surface area (Å²) in [5.74, 6) is 0.946. The number of carbonyl (C=O) groups excluding carboxylic acids is 1. The molecule has 0 radical (unpaired) electrons. The lowest BCUT2D eigenvalue weighted by Gasteiger charge is -2.21. The van der Waals surface area contributed by atoms with E-state index in [2.05, 4.69) is 39.9 Å². The van der Waals surface area contributed by atoms with Crippen LogP contribution in [0.3, 0.4) is 0 Å². The topological polar surface area (TPSA) is 29.1 Å². The van der Waals surface area contributed by atoms with E-state index in [-0.39, 0.29) is 6.04 Å². The Morgan fingerprint density at radius 2 is 1.79 bits per heavy atom. The Bertz CT molecular complexity index is 154. The van der Waals surface area contributed by atoms with Crippen molar-refractivity contribution in [3.63, 3.8) is 0 Å². The summed E-state index contributed by atoms with van der Waals surface area (Å²) in [6, 6.07) is 0.453. The molecule has 1 atom stereocenters. The van der Waals surface area contributed by atoms with Crippen LogP contribution < -0.4 is 5.32 Å². The number of ketones is 1. The second-order valence-corrected chi connectivity index (χ2v) is 4.72. The van der Waals surface area contributed by atoms with Gasteiger partial charge in [0.05, 0.1) is 6.04 Å². The molecule has 1 N–H and O–H groups in total. The molecule has 2 nitrogen and oxygen atoms in total. The summed E-state index contributed by atoms with van der Waals surface area (Å²) < 4.78 is 0. The number of carbonyl (C=O) groups is 1. The van der Waals surface area contributed by atoms with Gasteiger partial charge in [0.2, 0.25) is 0 Å². The van der Waals surface area contributed by atoms with E-state index >= 15 is 0 Å².